The number of Topliss-reactive ketones (excluding diaryl/α,β-unsaturated/α-hetero) is 2. The van der Waals surface area contributed by atoms with Gasteiger partial charge in [-0.2, -0.15) is 0 Å². The van der Waals surface area contributed by atoms with Crippen LogP contribution >= 0.6 is 0 Å². The predicted molar refractivity (Wildman–Crippen MR) is 53.5 cm³/mol. The van der Waals surface area contributed by atoms with Crippen molar-refractivity contribution in [1.29, 1.82) is 0 Å². The van der Waals surface area contributed by atoms with Crippen molar-refractivity contribution in [2.75, 3.05) is 0 Å². The molecule has 0 aromatic carbocycles. The lowest BCUT2D eigenvalue weighted by molar-refractivity contribution is -0.130. The summed E-state index contributed by atoms with van der Waals surface area (Å²) in [4.78, 5) is 22.2. The molecule has 0 aliphatic rings. The van der Waals surface area contributed by atoms with Crippen molar-refractivity contribution in [3.05, 3.63) is 0 Å². The van der Waals surface area contributed by atoms with Crippen LogP contribution in [0.3, 0.4) is 0 Å². The van der Waals surface area contributed by atoms with Gasteiger partial charge in [-0.25, -0.2) is 0 Å². The maximum atomic E-state index is 11.1. The molecule has 0 N–H and O–H groups in total. The van der Waals surface area contributed by atoms with Crippen LogP contribution < -0.4 is 0 Å². The summed E-state index contributed by atoms with van der Waals surface area (Å²) in [5.74, 6) is -0.382. The van der Waals surface area contributed by atoms with E-state index in [0.717, 1.165) is 6.42 Å². The SMILES string of the molecule is CC(=O)C(CCC(C)(C)C)C(C)=O. The second kappa shape index (κ2) is 4.54. The molecule has 76 valence electrons. The van der Waals surface area contributed by atoms with Gasteiger partial charge in [-0.3, -0.25) is 9.59 Å². The van der Waals surface area contributed by atoms with Crippen LogP contribution in [-0.4, -0.2) is 11.6 Å². The molecule has 0 atom stereocenters. The van der Waals surface area contributed by atoms with Crippen molar-refractivity contribution in [3.8, 4) is 0 Å². The van der Waals surface area contributed by atoms with E-state index in [1.54, 1.807) is 0 Å². The molecule has 0 aromatic rings. The second-order valence-electron chi connectivity index (χ2n) is 4.87. The fourth-order valence-corrected chi connectivity index (χ4v) is 1.27. The fraction of sp³-hybridized carbons (Fsp3) is 0.818. The van der Waals surface area contributed by atoms with Crippen LogP contribution in [0.1, 0.15) is 47.5 Å². The molecule has 0 saturated carbocycles. The third-order valence-corrected chi connectivity index (χ3v) is 2.16. The Kier molecular flexibility index (Phi) is 4.31. The summed E-state index contributed by atoms with van der Waals surface area (Å²) in [6.07, 6.45) is 1.60. The van der Waals surface area contributed by atoms with Gasteiger partial charge in [-0.05, 0) is 32.1 Å². The second-order valence-corrected chi connectivity index (χ2v) is 4.87. The predicted octanol–water partition coefficient (Wildman–Crippen LogP) is 2.61. The average molecular weight is 184 g/mol. The van der Waals surface area contributed by atoms with Crippen molar-refractivity contribution in [1.82, 2.24) is 0 Å². The van der Waals surface area contributed by atoms with E-state index in [-0.39, 0.29) is 22.9 Å². The van der Waals surface area contributed by atoms with Gasteiger partial charge < -0.3 is 0 Å². The van der Waals surface area contributed by atoms with Crippen molar-refractivity contribution >= 4 is 11.6 Å². The Labute approximate surface area is 80.7 Å². The molecule has 2 nitrogen and oxygen atoms in total. The molecule has 0 radical (unpaired) electrons. The van der Waals surface area contributed by atoms with Crippen LogP contribution in [0.5, 0.6) is 0 Å². The number of carbonyl (C=O) groups is 2. The molecule has 0 fully saturated rings. The van der Waals surface area contributed by atoms with E-state index < -0.39 is 0 Å². The first-order chi connectivity index (χ1) is 5.74. The Morgan fingerprint density at radius 1 is 1.08 bits per heavy atom. The molecule has 0 saturated heterocycles. The third kappa shape index (κ3) is 5.56. The molecule has 0 aliphatic heterocycles. The van der Waals surface area contributed by atoms with Gasteiger partial charge in [0.2, 0.25) is 0 Å². The zero-order valence-corrected chi connectivity index (χ0v) is 9.31. The summed E-state index contributed by atoms with van der Waals surface area (Å²) in [5, 5.41) is 0. The van der Waals surface area contributed by atoms with Crippen molar-refractivity contribution in [2.24, 2.45) is 11.3 Å². The molecule has 0 amide bonds. The lowest BCUT2D eigenvalue weighted by Crippen LogP contribution is -2.21. The molecule has 2 heteroatoms. The molecule has 0 bridgehead atoms. The number of hydrogen-bond acceptors (Lipinski definition) is 2. The number of carbonyl (C=O) groups excluding carboxylic acids is 2. The monoisotopic (exact) mass is 184 g/mol. The summed E-state index contributed by atoms with van der Waals surface area (Å²) < 4.78 is 0. The van der Waals surface area contributed by atoms with Crippen LogP contribution in [0.15, 0.2) is 0 Å². The molecule has 0 aromatic heterocycles. The Morgan fingerprint density at radius 2 is 1.46 bits per heavy atom. The average Bonchev–Trinajstić information content (AvgIpc) is 1.82. The maximum absolute atomic E-state index is 11.1. The lowest BCUT2D eigenvalue weighted by Gasteiger charge is -2.20. The topological polar surface area (TPSA) is 34.1 Å². The molecule has 0 spiro atoms. The normalized spacial score (nSPS) is 11.8. The van der Waals surface area contributed by atoms with Gasteiger partial charge in [-0.1, -0.05) is 20.8 Å². The highest BCUT2D eigenvalue weighted by molar-refractivity contribution is 6.00. The summed E-state index contributed by atoms with van der Waals surface area (Å²) in [5.41, 5.74) is 0.198. The number of ketones is 2. The minimum atomic E-state index is -0.376. The summed E-state index contributed by atoms with van der Waals surface area (Å²) in [6.45, 7) is 9.34. The molecular formula is C11H20O2. The first-order valence-corrected chi connectivity index (χ1v) is 4.75. The van der Waals surface area contributed by atoms with E-state index in [2.05, 4.69) is 20.8 Å². The van der Waals surface area contributed by atoms with E-state index >= 15 is 0 Å². The zero-order chi connectivity index (χ0) is 10.6. The standard InChI is InChI=1S/C11H20O2/c1-8(12)10(9(2)13)6-7-11(3,4)5/h10H,6-7H2,1-5H3. The van der Waals surface area contributed by atoms with Crippen LogP contribution in [-0.2, 0) is 9.59 Å². The largest absolute Gasteiger partial charge is 0.299 e. The van der Waals surface area contributed by atoms with Crippen LogP contribution in [0, 0.1) is 11.3 Å². The molecule has 0 aliphatic carbocycles. The van der Waals surface area contributed by atoms with E-state index in [9.17, 15) is 9.59 Å². The Morgan fingerprint density at radius 3 is 1.69 bits per heavy atom. The van der Waals surface area contributed by atoms with Gasteiger partial charge in [0.05, 0.1) is 5.92 Å². The molecule has 0 rings (SSSR count). The van der Waals surface area contributed by atoms with Crippen molar-refractivity contribution < 1.29 is 9.59 Å². The van der Waals surface area contributed by atoms with Crippen molar-refractivity contribution in [3.63, 3.8) is 0 Å². The van der Waals surface area contributed by atoms with Crippen molar-refractivity contribution in [2.45, 2.75) is 47.5 Å². The smallest absolute Gasteiger partial charge is 0.140 e. The summed E-state index contributed by atoms with van der Waals surface area (Å²) >= 11 is 0. The van der Waals surface area contributed by atoms with E-state index in [1.807, 2.05) is 0 Å². The lowest BCUT2D eigenvalue weighted by atomic mass is 9.84. The van der Waals surface area contributed by atoms with Gasteiger partial charge in [0.1, 0.15) is 11.6 Å². The minimum Gasteiger partial charge on any atom is -0.299 e. The van der Waals surface area contributed by atoms with Gasteiger partial charge in [0, 0.05) is 0 Å². The fourth-order valence-electron chi connectivity index (χ4n) is 1.27. The zero-order valence-electron chi connectivity index (χ0n) is 9.31. The van der Waals surface area contributed by atoms with Gasteiger partial charge in [-0.15, -0.1) is 0 Å². The summed E-state index contributed by atoms with van der Waals surface area (Å²) in [7, 11) is 0. The van der Waals surface area contributed by atoms with Gasteiger partial charge in [0.25, 0.3) is 0 Å². The molecular weight excluding hydrogens is 164 g/mol. The third-order valence-electron chi connectivity index (χ3n) is 2.16. The Balaban J connectivity index is 4.14. The highest BCUT2D eigenvalue weighted by Crippen LogP contribution is 2.24. The molecule has 13 heavy (non-hydrogen) atoms. The van der Waals surface area contributed by atoms with E-state index in [4.69, 9.17) is 0 Å². The first-order valence-electron chi connectivity index (χ1n) is 4.75. The van der Waals surface area contributed by atoms with Crippen LogP contribution in [0.2, 0.25) is 0 Å². The first kappa shape index (κ1) is 12.3. The van der Waals surface area contributed by atoms with E-state index in [0.29, 0.717) is 6.42 Å². The Hall–Kier alpha value is -0.660. The van der Waals surface area contributed by atoms with E-state index in [1.165, 1.54) is 13.8 Å². The van der Waals surface area contributed by atoms with Crippen LogP contribution in [0.25, 0.3) is 0 Å². The molecule has 0 unspecified atom stereocenters. The summed E-state index contributed by atoms with van der Waals surface area (Å²) in [6, 6.07) is 0. The highest BCUT2D eigenvalue weighted by Gasteiger charge is 2.21. The Bertz CT molecular complexity index is 185. The molecule has 0 heterocycles. The van der Waals surface area contributed by atoms with Crippen LogP contribution in [0.4, 0.5) is 0 Å². The van der Waals surface area contributed by atoms with Gasteiger partial charge in [0.15, 0.2) is 0 Å². The number of rotatable bonds is 4. The minimum absolute atomic E-state index is 0.00301. The van der Waals surface area contributed by atoms with Gasteiger partial charge >= 0.3 is 0 Å². The quantitative estimate of drug-likeness (QED) is 0.629. The highest BCUT2D eigenvalue weighted by atomic mass is 16.1. The number of hydrogen-bond donors (Lipinski definition) is 0. The maximum Gasteiger partial charge on any atom is 0.140 e.